The van der Waals surface area contributed by atoms with E-state index in [1.165, 1.54) is 0 Å². The summed E-state index contributed by atoms with van der Waals surface area (Å²) in [7, 11) is -3.07. The number of hydrogen-bond acceptors (Lipinski definition) is 3. The molecule has 1 aliphatic rings. The van der Waals surface area contributed by atoms with E-state index in [-0.39, 0.29) is 24.2 Å². The largest absolute Gasteiger partial charge is 0.396 e. The summed E-state index contributed by atoms with van der Waals surface area (Å²) in [6, 6.07) is 7.64. The molecule has 0 bridgehead atoms. The Labute approximate surface area is 110 Å². The average molecular weight is 319 g/mol. The molecule has 0 saturated heterocycles. The van der Waals surface area contributed by atoms with Crippen LogP contribution in [0.4, 0.5) is 0 Å². The summed E-state index contributed by atoms with van der Waals surface area (Å²) in [5.41, 5.74) is 0.995. The quantitative estimate of drug-likeness (QED) is 0.923. The highest BCUT2D eigenvalue weighted by molar-refractivity contribution is 9.10. The molecule has 17 heavy (non-hydrogen) atoms. The lowest BCUT2D eigenvalue weighted by Crippen LogP contribution is -2.13. The predicted molar refractivity (Wildman–Crippen MR) is 70.7 cm³/mol. The van der Waals surface area contributed by atoms with Gasteiger partial charge in [-0.15, -0.1) is 0 Å². The van der Waals surface area contributed by atoms with Crippen LogP contribution < -0.4 is 0 Å². The van der Waals surface area contributed by atoms with E-state index in [0.29, 0.717) is 0 Å². The number of rotatable bonds is 4. The summed E-state index contributed by atoms with van der Waals surface area (Å²) in [6.45, 7) is 1.59. The Morgan fingerprint density at radius 2 is 1.88 bits per heavy atom. The summed E-state index contributed by atoms with van der Waals surface area (Å²) >= 11 is 3.35. The van der Waals surface area contributed by atoms with Crippen LogP contribution in [0, 0.1) is 5.92 Å². The third-order valence-corrected chi connectivity index (χ3v) is 6.18. The van der Waals surface area contributed by atoms with Gasteiger partial charge in [-0.25, -0.2) is 8.42 Å². The Balaban J connectivity index is 2.26. The number of aliphatic hydroxyl groups excluding tert-OH is 1. The Bertz CT molecular complexity index is 495. The maximum absolute atomic E-state index is 11.9. The van der Waals surface area contributed by atoms with Gasteiger partial charge in [0.1, 0.15) is 0 Å². The van der Waals surface area contributed by atoms with Crippen LogP contribution in [0.15, 0.2) is 28.7 Å². The molecule has 0 radical (unpaired) electrons. The average Bonchev–Trinajstić information content (AvgIpc) is 3.05. The van der Waals surface area contributed by atoms with E-state index in [1.54, 1.807) is 6.92 Å². The summed E-state index contributed by atoms with van der Waals surface area (Å²) in [5, 5.41) is 8.84. The number of aliphatic hydroxyl groups is 1. The van der Waals surface area contributed by atoms with Crippen LogP contribution in [0.25, 0.3) is 0 Å². The van der Waals surface area contributed by atoms with Crippen LogP contribution in [0.5, 0.6) is 0 Å². The Kier molecular flexibility index (Phi) is 3.61. The maximum Gasteiger partial charge on any atom is 0.153 e. The van der Waals surface area contributed by atoms with Gasteiger partial charge < -0.3 is 5.11 Å². The molecule has 1 aliphatic carbocycles. The van der Waals surface area contributed by atoms with Gasteiger partial charge in [-0.3, -0.25) is 0 Å². The van der Waals surface area contributed by atoms with Gasteiger partial charge in [0.25, 0.3) is 0 Å². The summed E-state index contributed by atoms with van der Waals surface area (Å²) in [6.07, 6.45) is 0. The molecule has 2 rings (SSSR count). The lowest BCUT2D eigenvalue weighted by Gasteiger charge is -2.01. The first-order chi connectivity index (χ1) is 8.01. The van der Waals surface area contributed by atoms with Crippen LogP contribution in [-0.2, 0) is 9.84 Å². The lowest BCUT2D eigenvalue weighted by molar-refractivity contribution is 0.274. The SMILES string of the molecule is CCS(=O)(=O)C1C(CO)C1c1ccc(Br)cc1. The van der Waals surface area contributed by atoms with E-state index >= 15 is 0 Å². The van der Waals surface area contributed by atoms with Gasteiger partial charge in [0.2, 0.25) is 0 Å². The highest BCUT2D eigenvalue weighted by Gasteiger charge is 2.57. The molecule has 0 heterocycles. The normalized spacial score (nSPS) is 28.1. The van der Waals surface area contributed by atoms with E-state index < -0.39 is 15.1 Å². The standard InChI is InChI=1S/C12H15BrO3S/c1-2-17(15,16)12-10(7-14)11(12)8-3-5-9(13)6-4-8/h3-6,10-12,14H,2,7H2,1H3. The summed E-state index contributed by atoms with van der Waals surface area (Å²) < 4.78 is 24.7. The van der Waals surface area contributed by atoms with Crippen molar-refractivity contribution in [2.24, 2.45) is 5.92 Å². The number of halogens is 1. The van der Waals surface area contributed by atoms with Crippen molar-refractivity contribution in [1.29, 1.82) is 0 Å². The first kappa shape index (κ1) is 13.1. The van der Waals surface area contributed by atoms with Gasteiger partial charge in [0.05, 0.1) is 5.25 Å². The highest BCUT2D eigenvalue weighted by Crippen LogP contribution is 2.52. The van der Waals surface area contributed by atoms with Crippen molar-refractivity contribution >= 4 is 25.8 Å². The van der Waals surface area contributed by atoms with E-state index in [9.17, 15) is 13.5 Å². The summed E-state index contributed by atoms with van der Waals surface area (Å²) in [4.78, 5) is 0. The fourth-order valence-electron chi connectivity index (χ4n) is 2.36. The fraction of sp³-hybridized carbons (Fsp3) is 0.500. The zero-order valence-electron chi connectivity index (χ0n) is 9.51. The van der Waals surface area contributed by atoms with Gasteiger partial charge >= 0.3 is 0 Å². The van der Waals surface area contributed by atoms with Gasteiger partial charge in [0, 0.05) is 28.7 Å². The second kappa shape index (κ2) is 4.71. The Morgan fingerprint density at radius 1 is 1.29 bits per heavy atom. The molecular formula is C12H15BrO3S. The molecule has 5 heteroatoms. The molecular weight excluding hydrogens is 304 g/mol. The molecule has 3 nitrogen and oxygen atoms in total. The second-order valence-corrected chi connectivity index (χ2v) is 7.70. The van der Waals surface area contributed by atoms with Crippen molar-refractivity contribution in [3.05, 3.63) is 34.3 Å². The molecule has 1 aromatic carbocycles. The van der Waals surface area contributed by atoms with E-state index in [1.807, 2.05) is 24.3 Å². The van der Waals surface area contributed by atoms with Crippen molar-refractivity contribution in [2.75, 3.05) is 12.4 Å². The summed E-state index contributed by atoms with van der Waals surface area (Å²) in [5.74, 6) is -0.0412. The molecule has 0 aromatic heterocycles. The van der Waals surface area contributed by atoms with Crippen molar-refractivity contribution in [3.63, 3.8) is 0 Å². The Morgan fingerprint density at radius 3 is 2.35 bits per heavy atom. The van der Waals surface area contributed by atoms with Gasteiger partial charge in [-0.2, -0.15) is 0 Å². The molecule has 0 aliphatic heterocycles. The smallest absolute Gasteiger partial charge is 0.153 e. The molecule has 0 amide bonds. The molecule has 94 valence electrons. The zero-order chi connectivity index (χ0) is 12.6. The van der Waals surface area contributed by atoms with Gasteiger partial charge in [0.15, 0.2) is 9.84 Å². The van der Waals surface area contributed by atoms with Crippen molar-refractivity contribution < 1.29 is 13.5 Å². The predicted octanol–water partition coefficient (Wildman–Crippen LogP) is 1.96. The fourth-order valence-corrected chi connectivity index (χ4v) is 4.52. The van der Waals surface area contributed by atoms with E-state index in [4.69, 9.17) is 0 Å². The molecule has 1 N–H and O–H groups in total. The van der Waals surface area contributed by atoms with Crippen LogP contribution >= 0.6 is 15.9 Å². The van der Waals surface area contributed by atoms with Gasteiger partial charge in [-0.1, -0.05) is 35.0 Å². The van der Waals surface area contributed by atoms with E-state index in [2.05, 4.69) is 15.9 Å². The van der Waals surface area contributed by atoms with Crippen molar-refractivity contribution in [3.8, 4) is 0 Å². The number of sulfone groups is 1. The molecule has 0 spiro atoms. The van der Waals surface area contributed by atoms with Crippen LogP contribution in [0.2, 0.25) is 0 Å². The first-order valence-corrected chi connectivity index (χ1v) is 8.10. The lowest BCUT2D eigenvalue weighted by atomic mass is 10.1. The topological polar surface area (TPSA) is 54.4 Å². The van der Waals surface area contributed by atoms with E-state index in [0.717, 1.165) is 10.0 Å². The van der Waals surface area contributed by atoms with Crippen molar-refractivity contribution in [2.45, 2.75) is 18.1 Å². The monoisotopic (exact) mass is 318 g/mol. The number of hydrogen-bond donors (Lipinski definition) is 1. The third-order valence-electron chi connectivity index (χ3n) is 3.38. The molecule has 3 atom stereocenters. The second-order valence-electron chi connectivity index (χ2n) is 4.34. The van der Waals surface area contributed by atoms with Gasteiger partial charge in [-0.05, 0) is 17.7 Å². The van der Waals surface area contributed by atoms with Crippen LogP contribution in [0.1, 0.15) is 18.4 Å². The van der Waals surface area contributed by atoms with Crippen LogP contribution in [0.3, 0.4) is 0 Å². The van der Waals surface area contributed by atoms with Crippen LogP contribution in [-0.4, -0.2) is 31.1 Å². The molecule has 1 fully saturated rings. The first-order valence-electron chi connectivity index (χ1n) is 5.59. The minimum atomic E-state index is -3.07. The maximum atomic E-state index is 11.9. The minimum Gasteiger partial charge on any atom is -0.396 e. The third kappa shape index (κ3) is 2.41. The number of benzene rings is 1. The molecule has 3 unspecified atom stereocenters. The minimum absolute atomic E-state index is 0.0435. The molecule has 1 saturated carbocycles. The van der Waals surface area contributed by atoms with Crippen molar-refractivity contribution in [1.82, 2.24) is 0 Å². The Hall–Kier alpha value is -0.390. The molecule has 1 aromatic rings. The highest BCUT2D eigenvalue weighted by atomic mass is 79.9. The zero-order valence-corrected chi connectivity index (χ0v) is 11.9.